The number of nitrogens with one attached hydrogen (secondary N) is 1. The summed E-state index contributed by atoms with van der Waals surface area (Å²) in [5, 5.41) is 0. The molecule has 0 amide bonds. The summed E-state index contributed by atoms with van der Waals surface area (Å²) in [4.78, 5) is 0.129. The summed E-state index contributed by atoms with van der Waals surface area (Å²) in [7, 11) is -0.729. The number of sulfonamides is 1. The minimum absolute atomic E-state index is 0.129. The molecule has 0 spiro atoms. The lowest BCUT2D eigenvalue weighted by Crippen LogP contribution is -2.32. The average Bonchev–Trinajstić information content (AvgIpc) is 2.61. The Morgan fingerprint density at radius 2 is 1.83 bits per heavy atom. The number of hydrogen-bond donors (Lipinski definition) is 1. The van der Waals surface area contributed by atoms with Gasteiger partial charge in [-0.3, -0.25) is 0 Å². The highest BCUT2D eigenvalue weighted by molar-refractivity contribution is 7.89. The molecular formula is C17H19NO5S. The maximum atomic E-state index is 12.7. The summed E-state index contributed by atoms with van der Waals surface area (Å²) in [6.45, 7) is 0.468. The molecule has 0 aliphatic carbocycles. The second-order valence-electron chi connectivity index (χ2n) is 5.37. The quantitative estimate of drug-likeness (QED) is 0.898. The van der Waals surface area contributed by atoms with E-state index in [1.165, 1.54) is 26.4 Å². The van der Waals surface area contributed by atoms with Crippen LogP contribution in [0.4, 0.5) is 0 Å². The first-order valence-electron chi connectivity index (χ1n) is 7.51. The highest BCUT2D eigenvalue weighted by atomic mass is 32.2. The summed E-state index contributed by atoms with van der Waals surface area (Å²) < 4.78 is 44.1. The minimum atomic E-state index is -3.70. The molecule has 0 radical (unpaired) electrons. The number of hydrogen-bond acceptors (Lipinski definition) is 5. The van der Waals surface area contributed by atoms with Gasteiger partial charge >= 0.3 is 0 Å². The Labute approximate surface area is 141 Å². The van der Waals surface area contributed by atoms with E-state index in [2.05, 4.69) is 4.72 Å². The molecular weight excluding hydrogens is 330 g/mol. The molecule has 3 rings (SSSR count). The van der Waals surface area contributed by atoms with Gasteiger partial charge in [0, 0.05) is 18.1 Å². The van der Waals surface area contributed by atoms with Gasteiger partial charge in [-0.1, -0.05) is 18.2 Å². The molecule has 7 heteroatoms. The summed E-state index contributed by atoms with van der Waals surface area (Å²) in [6, 6.07) is 11.6. The number of fused-ring (bicyclic) bond motifs is 1. The summed E-state index contributed by atoms with van der Waals surface area (Å²) in [6.07, 6.45) is 0.573. The van der Waals surface area contributed by atoms with Crippen molar-refractivity contribution >= 4 is 10.0 Å². The van der Waals surface area contributed by atoms with E-state index in [0.29, 0.717) is 30.3 Å². The molecule has 0 saturated carbocycles. The molecule has 1 atom stereocenters. The maximum Gasteiger partial charge on any atom is 0.241 e. The van der Waals surface area contributed by atoms with Gasteiger partial charge in [-0.05, 0) is 18.2 Å². The van der Waals surface area contributed by atoms with Crippen molar-refractivity contribution in [2.24, 2.45) is 0 Å². The lowest BCUT2D eigenvalue weighted by Gasteiger charge is -2.26. The number of rotatable bonds is 5. The van der Waals surface area contributed by atoms with Crippen molar-refractivity contribution in [3.8, 4) is 17.2 Å². The molecule has 1 aliphatic heterocycles. The highest BCUT2D eigenvalue weighted by Crippen LogP contribution is 2.34. The van der Waals surface area contributed by atoms with Crippen LogP contribution in [-0.4, -0.2) is 29.2 Å². The lowest BCUT2D eigenvalue weighted by atomic mass is 10.0. The van der Waals surface area contributed by atoms with Gasteiger partial charge in [0.1, 0.15) is 5.75 Å². The van der Waals surface area contributed by atoms with E-state index >= 15 is 0 Å². The molecule has 0 fully saturated rings. The van der Waals surface area contributed by atoms with Gasteiger partial charge in [-0.2, -0.15) is 0 Å². The van der Waals surface area contributed by atoms with Gasteiger partial charge in [-0.15, -0.1) is 0 Å². The fourth-order valence-corrected chi connectivity index (χ4v) is 3.97. The molecule has 0 saturated heterocycles. The van der Waals surface area contributed by atoms with E-state index in [-0.39, 0.29) is 10.9 Å². The molecule has 1 aliphatic rings. The van der Waals surface area contributed by atoms with Crippen LogP contribution in [0.1, 0.15) is 18.0 Å². The zero-order valence-electron chi connectivity index (χ0n) is 13.5. The predicted octanol–water partition coefficient (Wildman–Crippen LogP) is 2.51. The fraction of sp³-hybridized carbons (Fsp3) is 0.294. The van der Waals surface area contributed by atoms with E-state index in [1.54, 1.807) is 6.07 Å². The third-order valence-electron chi connectivity index (χ3n) is 3.92. The molecule has 2 aromatic rings. The number of para-hydroxylation sites is 1. The smallest absolute Gasteiger partial charge is 0.241 e. The Bertz CT molecular complexity index is 835. The molecule has 6 nitrogen and oxygen atoms in total. The number of methoxy groups -OCH3 is 2. The summed E-state index contributed by atoms with van der Waals surface area (Å²) >= 11 is 0. The Kier molecular flexibility index (Phi) is 4.64. The Hall–Kier alpha value is -2.25. The Balaban J connectivity index is 1.90. The average molecular weight is 349 g/mol. The standard InChI is InChI=1S/C17H19NO5S/c1-21-16-8-7-12(11-17(16)22-2)24(19,20)18-14-9-10-23-15-6-4-3-5-13(14)15/h3-8,11,14,18H,9-10H2,1-2H3. The van der Waals surface area contributed by atoms with Crippen molar-refractivity contribution < 1.29 is 22.6 Å². The van der Waals surface area contributed by atoms with Crippen molar-refractivity contribution in [1.29, 1.82) is 0 Å². The second kappa shape index (κ2) is 6.70. The zero-order valence-corrected chi connectivity index (χ0v) is 14.3. The van der Waals surface area contributed by atoms with Crippen LogP contribution in [0.5, 0.6) is 17.2 Å². The van der Waals surface area contributed by atoms with Crippen LogP contribution < -0.4 is 18.9 Å². The van der Waals surface area contributed by atoms with Gasteiger partial charge in [-0.25, -0.2) is 13.1 Å². The third kappa shape index (κ3) is 3.18. The SMILES string of the molecule is COc1ccc(S(=O)(=O)NC2CCOc3ccccc32)cc1OC. The van der Waals surface area contributed by atoms with Crippen molar-refractivity contribution in [1.82, 2.24) is 4.72 Å². The van der Waals surface area contributed by atoms with Crippen molar-refractivity contribution in [2.75, 3.05) is 20.8 Å². The first-order chi connectivity index (χ1) is 11.5. The van der Waals surface area contributed by atoms with Crippen molar-refractivity contribution in [3.05, 3.63) is 48.0 Å². The minimum Gasteiger partial charge on any atom is -0.493 e. The first kappa shape index (κ1) is 16.6. The van der Waals surface area contributed by atoms with Crippen LogP contribution in [0.2, 0.25) is 0 Å². The zero-order chi connectivity index (χ0) is 17.2. The van der Waals surface area contributed by atoms with E-state index < -0.39 is 10.0 Å². The molecule has 1 heterocycles. The van der Waals surface area contributed by atoms with E-state index in [4.69, 9.17) is 14.2 Å². The van der Waals surface area contributed by atoms with E-state index in [9.17, 15) is 8.42 Å². The second-order valence-corrected chi connectivity index (χ2v) is 7.08. The Morgan fingerprint density at radius 1 is 1.08 bits per heavy atom. The van der Waals surface area contributed by atoms with E-state index in [0.717, 1.165) is 5.56 Å². The molecule has 1 unspecified atom stereocenters. The molecule has 2 aromatic carbocycles. The van der Waals surface area contributed by atoms with Crippen molar-refractivity contribution in [2.45, 2.75) is 17.4 Å². The normalized spacial score (nSPS) is 16.8. The monoisotopic (exact) mass is 349 g/mol. The van der Waals surface area contributed by atoms with Crippen LogP contribution in [0.25, 0.3) is 0 Å². The first-order valence-corrected chi connectivity index (χ1v) is 8.99. The molecule has 1 N–H and O–H groups in total. The van der Waals surface area contributed by atoms with Gasteiger partial charge in [0.15, 0.2) is 11.5 Å². The highest BCUT2D eigenvalue weighted by Gasteiger charge is 2.27. The van der Waals surface area contributed by atoms with Crippen molar-refractivity contribution in [3.63, 3.8) is 0 Å². The molecule has 128 valence electrons. The molecule has 24 heavy (non-hydrogen) atoms. The van der Waals surface area contributed by atoms with Gasteiger partial charge in [0.2, 0.25) is 10.0 Å². The lowest BCUT2D eigenvalue weighted by molar-refractivity contribution is 0.263. The van der Waals surface area contributed by atoms with Gasteiger partial charge in [0.05, 0.1) is 31.8 Å². The third-order valence-corrected chi connectivity index (χ3v) is 5.39. The molecule has 0 aromatic heterocycles. The van der Waals surface area contributed by atoms with Crippen LogP contribution in [0.15, 0.2) is 47.4 Å². The van der Waals surface area contributed by atoms with Crippen LogP contribution in [0.3, 0.4) is 0 Å². The van der Waals surface area contributed by atoms with Gasteiger partial charge < -0.3 is 14.2 Å². The van der Waals surface area contributed by atoms with Gasteiger partial charge in [0.25, 0.3) is 0 Å². The fourth-order valence-electron chi connectivity index (χ4n) is 2.70. The van der Waals surface area contributed by atoms with E-state index in [1.807, 2.05) is 24.3 Å². The predicted molar refractivity (Wildman–Crippen MR) is 89.2 cm³/mol. The summed E-state index contributed by atoms with van der Waals surface area (Å²) in [5.41, 5.74) is 0.841. The molecule has 0 bridgehead atoms. The topological polar surface area (TPSA) is 73.9 Å². The van der Waals surface area contributed by atoms with Crippen LogP contribution in [0, 0.1) is 0 Å². The Morgan fingerprint density at radius 3 is 2.58 bits per heavy atom. The maximum absolute atomic E-state index is 12.7. The number of benzene rings is 2. The van der Waals surface area contributed by atoms with Crippen LogP contribution >= 0.6 is 0 Å². The largest absolute Gasteiger partial charge is 0.493 e. The number of ether oxygens (including phenoxy) is 3. The summed E-state index contributed by atoms with van der Waals surface area (Å²) in [5.74, 6) is 1.56. The van der Waals surface area contributed by atoms with Crippen LogP contribution in [-0.2, 0) is 10.0 Å².